The van der Waals surface area contributed by atoms with Crippen molar-refractivity contribution in [3.63, 3.8) is 0 Å². The second kappa shape index (κ2) is 6.35. The number of halogens is 2. The second-order valence-corrected chi connectivity index (χ2v) is 5.02. The van der Waals surface area contributed by atoms with Crippen molar-refractivity contribution in [1.82, 2.24) is 4.98 Å². The molecule has 0 fully saturated rings. The molecule has 1 aromatic heterocycles. The minimum atomic E-state index is -0.795. The molecule has 0 aliphatic carbocycles. The van der Waals surface area contributed by atoms with Crippen LogP contribution in [-0.4, -0.2) is 16.6 Å². The van der Waals surface area contributed by atoms with E-state index in [0.717, 1.165) is 0 Å². The molecule has 2 atom stereocenters. The molecule has 0 bridgehead atoms. The molecule has 0 saturated carbocycles. The van der Waals surface area contributed by atoms with Gasteiger partial charge in [-0.2, -0.15) is 0 Å². The number of benzene rings is 1. The minimum Gasteiger partial charge on any atom is -0.388 e. The Bertz CT molecular complexity index is 528. The Morgan fingerprint density at radius 3 is 2.37 bits per heavy atom. The summed E-state index contributed by atoms with van der Waals surface area (Å²) in [7, 11) is 0. The maximum Gasteiger partial charge on any atom is 0.0886 e. The minimum absolute atomic E-state index is 0.236. The van der Waals surface area contributed by atoms with E-state index in [1.165, 1.54) is 0 Å². The normalized spacial score (nSPS) is 14.1. The third kappa shape index (κ3) is 3.07. The molecule has 0 radical (unpaired) electrons. The van der Waals surface area contributed by atoms with Gasteiger partial charge in [-0.1, -0.05) is 35.3 Å². The molecule has 2 unspecified atom stereocenters. The molecule has 19 heavy (non-hydrogen) atoms. The van der Waals surface area contributed by atoms with Gasteiger partial charge in [-0.3, -0.25) is 4.98 Å². The Kier molecular flexibility index (Phi) is 4.77. The quantitative estimate of drug-likeness (QED) is 0.911. The van der Waals surface area contributed by atoms with Gasteiger partial charge in [0.2, 0.25) is 0 Å². The van der Waals surface area contributed by atoms with Gasteiger partial charge < -0.3 is 10.8 Å². The maximum atomic E-state index is 10.4. The highest BCUT2D eigenvalue weighted by Crippen LogP contribution is 2.38. The number of nitrogens with zero attached hydrogens (tertiary/aromatic N) is 1. The summed E-state index contributed by atoms with van der Waals surface area (Å²) in [5, 5.41) is 11.5. The Morgan fingerprint density at radius 2 is 1.84 bits per heavy atom. The number of nitrogens with two attached hydrogens (primary N) is 1. The van der Waals surface area contributed by atoms with Gasteiger partial charge in [0, 0.05) is 34.9 Å². The number of hydrogen-bond donors (Lipinski definition) is 2. The highest BCUT2D eigenvalue weighted by atomic mass is 35.5. The van der Waals surface area contributed by atoms with Gasteiger partial charge in [0.15, 0.2) is 0 Å². The molecular formula is C14H14Cl2N2O. The number of aliphatic hydroxyl groups is 1. The van der Waals surface area contributed by atoms with E-state index >= 15 is 0 Å². The van der Waals surface area contributed by atoms with E-state index in [2.05, 4.69) is 4.98 Å². The highest BCUT2D eigenvalue weighted by Gasteiger charge is 2.25. The van der Waals surface area contributed by atoms with E-state index in [1.54, 1.807) is 42.7 Å². The fraction of sp³-hybridized carbons (Fsp3) is 0.214. The molecule has 0 amide bonds. The van der Waals surface area contributed by atoms with Gasteiger partial charge in [-0.05, 0) is 29.3 Å². The van der Waals surface area contributed by atoms with Crippen LogP contribution in [-0.2, 0) is 0 Å². The largest absolute Gasteiger partial charge is 0.388 e. The van der Waals surface area contributed by atoms with Crippen LogP contribution in [0.3, 0.4) is 0 Å². The van der Waals surface area contributed by atoms with Gasteiger partial charge in [-0.15, -0.1) is 0 Å². The zero-order valence-corrected chi connectivity index (χ0v) is 11.6. The first kappa shape index (κ1) is 14.3. The van der Waals surface area contributed by atoms with Crippen molar-refractivity contribution in [1.29, 1.82) is 0 Å². The third-order valence-electron chi connectivity index (χ3n) is 3.03. The van der Waals surface area contributed by atoms with Crippen LogP contribution >= 0.6 is 23.2 Å². The average molecular weight is 297 g/mol. The fourth-order valence-corrected chi connectivity index (χ4v) is 2.73. The number of aromatic nitrogens is 1. The molecular weight excluding hydrogens is 283 g/mol. The van der Waals surface area contributed by atoms with E-state index in [9.17, 15) is 5.11 Å². The molecule has 5 heteroatoms. The summed E-state index contributed by atoms with van der Waals surface area (Å²) in [5.74, 6) is -0.370. The lowest BCUT2D eigenvalue weighted by Gasteiger charge is -2.24. The van der Waals surface area contributed by atoms with Crippen molar-refractivity contribution in [2.75, 3.05) is 6.54 Å². The lowest BCUT2D eigenvalue weighted by molar-refractivity contribution is 0.147. The smallest absolute Gasteiger partial charge is 0.0886 e. The Balaban J connectivity index is 2.40. The summed E-state index contributed by atoms with van der Waals surface area (Å²) in [4.78, 5) is 3.99. The van der Waals surface area contributed by atoms with Crippen molar-refractivity contribution in [2.24, 2.45) is 5.73 Å². The molecule has 0 aliphatic rings. The number of rotatable bonds is 4. The average Bonchev–Trinajstić information content (AvgIpc) is 2.43. The van der Waals surface area contributed by atoms with Crippen molar-refractivity contribution in [3.8, 4) is 0 Å². The molecule has 1 heterocycles. The standard InChI is InChI=1S/C14H14Cl2N2O/c15-11-4-1-5-12(16)13(11)10(7-17)14(19)9-3-2-6-18-8-9/h1-6,8,10,14,19H,7,17H2. The number of pyridine rings is 1. The molecule has 2 aromatic rings. The molecule has 3 N–H and O–H groups in total. The number of aliphatic hydroxyl groups excluding tert-OH is 1. The lowest BCUT2D eigenvalue weighted by Crippen LogP contribution is -2.21. The van der Waals surface area contributed by atoms with Crippen molar-refractivity contribution < 1.29 is 5.11 Å². The summed E-state index contributed by atoms with van der Waals surface area (Å²) >= 11 is 12.3. The SMILES string of the molecule is NCC(c1c(Cl)cccc1Cl)C(O)c1cccnc1. The van der Waals surface area contributed by atoms with Crippen LogP contribution in [0.5, 0.6) is 0 Å². The Morgan fingerprint density at radius 1 is 1.16 bits per heavy atom. The Labute approximate surface area is 122 Å². The highest BCUT2D eigenvalue weighted by molar-refractivity contribution is 6.36. The summed E-state index contributed by atoms with van der Waals surface area (Å²) in [6, 6.07) is 8.80. The van der Waals surface area contributed by atoms with Gasteiger partial charge >= 0.3 is 0 Å². The predicted octanol–water partition coefficient (Wildman–Crippen LogP) is 3.16. The van der Waals surface area contributed by atoms with Crippen molar-refractivity contribution in [2.45, 2.75) is 12.0 Å². The van der Waals surface area contributed by atoms with Crippen LogP contribution in [0.4, 0.5) is 0 Å². The monoisotopic (exact) mass is 296 g/mol. The van der Waals surface area contributed by atoms with Crippen LogP contribution in [0.15, 0.2) is 42.7 Å². The first-order valence-electron chi connectivity index (χ1n) is 5.87. The second-order valence-electron chi connectivity index (χ2n) is 4.21. The Hall–Kier alpha value is -1.13. The molecule has 2 rings (SSSR count). The molecule has 0 aliphatic heterocycles. The van der Waals surface area contributed by atoms with Gasteiger partial charge in [0.25, 0.3) is 0 Å². The van der Waals surface area contributed by atoms with Crippen LogP contribution in [0.1, 0.15) is 23.1 Å². The first-order valence-corrected chi connectivity index (χ1v) is 6.62. The van der Waals surface area contributed by atoms with E-state index in [-0.39, 0.29) is 12.5 Å². The van der Waals surface area contributed by atoms with Crippen LogP contribution in [0, 0.1) is 0 Å². The van der Waals surface area contributed by atoms with Gasteiger partial charge in [0.05, 0.1) is 6.10 Å². The van der Waals surface area contributed by atoms with E-state index in [1.807, 2.05) is 0 Å². The zero-order chi connectivity index (χ0) is 13.8. The van der Waals surface area contributed by atoms with E-state index < -0.39 is 6.10 Å². The summed E-state index contributed by atoms with van der Waals surface area (Å²) in [5.41, 5.74) is 7.14. The molecule has 0 spiro atoms. The van der Waals surface area contributed by atoms with Crippen molar-refractivity contribution in [3.05, 3.63) is 63.9 Å². The first-order chi connectivity index (χ1) is 9.15. The maximum absolute atomic E-state index is 10.4. The van der Waals surface area contributed by atoms with Crippen LogP contribution in [0.2, 0.25) is 10.0 Å². The van der Waals surface area contributed by atoms with E-state index in [0.29, 0.717) is 21.2 Å². The summed E-state index contributed by atoms with van der Waals surface area (Å²) in [6.07, 6.45) is 2.46. The van der Waals surface area contributed by atoms with Gasteiger partial charge in [0.1, 0.15) is 0 Å². The van der Waals surface area contributed by atoms with Crippen LogP contribution in [0.25, 0.3) is 0 Å². The topological polar surface area (TPSA) is 59.1 Å². The van der Waals surface area contributed by atoms with Gasteiger partial charge in [-0.25, -0.2) is 0 Å². The van der Waals surface area contributed by atoms with E-state index in [4.69, 9.17) is 28.9 Å². The molecule has 100 valence electrons. The molecule has 0 saturated heterocycles. The van der Waals surface area contributed by atoms with Crippen LogP contribution < -0.4 is 5.73 Å². The molecule has 1 aromatic carbocycles. The third-order valence-corrected chi connectivity index (χ3v) is 3.69. The van der Waals surface area contributed by atoms with Crippen molar-refractivity contribution >= 4 is 23.2 Å². The molecule has 3 nitrogen and oxygen atoms in total. The lowest BCUT2D eigenvalue weighted by atomic mass is 9.89. The summed E-state index contributed by atoms with van der Waals surface area (Å²) < 4.78 is 0. The summed E-state index contributed by atoms with van der Waals surface area (Å²) in [6.45, 7) is 0.236. The number of hydrogen-bond acceptors (Lipinski definition) is 3. The predicted molar refractivity (Wildman–Crippen MR) is 77.5 cm³/mol. The fourth-order valence-electron chi connectivity index (χ4n) is 2.05. The zero-order valence-electron chi connectivity index (χ0n) is 10.1.